The summed E-state index contributed by atoms with van der Waals surface area (Å²) in [5, 5.41) is 5.13. The van der Waals surface area contributed by atoms with Gasteiger partial charge in [-0.05, 0) is 44.2 Å². The molecule has 0 spiro atoms. The second kappa shape index (κ2) is 10.1. The van der Waals surface area contributed by atoms with Gasteiger partial charge in [-0.2, -0.15) is 0 Å². The number of ether oxygens (including phenoxy) is 2. The standard InChI is InChI=1S/C20H27N3O6S3/c1-10-5-32-17-13(22-15(24)12(21)11-6-30-9-31-7-11)16(25)23(17)14(10)18(26)28-8-29-19(27)20(2,3)4/h6,12-13,17H,5,7-9,21H2,1-4H3,(H,22,24). The minimum absolute atomic E-state index is 0.128. The van der Waals surface area contributed by atoms with Gasteiger partial charge in [0.1, 0.15) is 23.2 Å². The van der Waals surface area contributed by atoms with Crippen molar-refractivity contribution in [2.24, 2.45) is 11.1 Å². The van der Waals surface area contributed by atoms with Gasteiger partial charge in [-0.3, -0.25) is 19.3 Å². The van der Waals surface area contributed by atoms with Gasteiger partial charge in [-0.25, -0.2) is 4.79 Å². The van der Waals surface area contributed by atoms with E-state index in [1.165, 1.54) is 16.7 Å². The van der Waals surface area contributed by atoms with E-state index in [1.807, 2.05) is 5.41 Å². The van der Waals surface area contributed by atoms with E-state index in [0.29, 0.717) is 17.1 Å². The summed E-state index contributed by atoms with van der Waals surface area (Å²) in [6, 6.07) is -1.58. The van der Waals surface area contributed by atoms with Crippen LogP contribution in [0.4, 0.5) is 0 Å². The predicted molar refractivity (Wildman–Crippen MR) is 125 cm³/mol. The zero-order valence-corrected chi connectivity index (χ0v) is 20.8. The van der Waals surface area contributed by atoms with Crippen LogP contribution in [0.15, 0.2) is 22.3 Å². The normalized spacial score (nSPS) is 24.1. The molecule has 0 radical (unpaired) electrons. The molecule has 3 rings (SSSR count). The van der Waals surface area contributed by atoms with Crippen LogP contribution < -0.4 is 11.1 Å². The average Bonchev–Trinajstić information content (AvgIpc) is 2.76. The lowest BCUT2D eigenvalue weighted by Crippen LogP contribution is -2.71. The van der Waals surface area contributed by atoms with Gasteiger partial charge in [0, 0.05) is 16.6 Å². The Hall–Kier alpha value is -1.63. The highest BCUT2D eigenvalue weighted by molar-refractivity contribution is 8.18. The number of amides is 2. The molecular weight excluding hydrogens is 474 g/mol. The third-order valence-corrected chi connectivity index (χ3v) is 8.62. The number of esters is 2. The number of fused-ring (bicyclic) bond motifs is 1. The van der Waals surface area contributed by atoms with Gasteiger partial charge in [0.2, 0.25) is 12.7 Å². The molecule has 0 aliphatic carbocycles. The molecule has 176 valence electrons. The van der Waals surface area contributed by atoms with Crippen LogP contribution in [0.5, 0.6) is 0 Å². The molecule has 3 aliphatic heterocycles. The molecule has 1 saturated heterocycles. The van der Waals surface area contributed by atoms with Crippen LogP contribution in [-0.4, -0.2) is 69.5 Å². The molecule has 3 unspecified atom stereocenters. The molecule has 0 saturated carbocycles. The number of carbonyl (C=O) groups is 4. The molecule has 0 aromatic heterocycles. The molecule has 3 aliphatic rings. The summed E-state index contributed by atoms with van der Waals surface area (Å²) in [5.41, 5.74) is 6.98. The first-order chi connectivity index (χ1) is 15.0. The van der Waals surface area contributed by atoms with E-state index in [0.717, 1.165) is 10.7 Å². The van der Waals surface area contributed by atoms with Crippen molar-refractivity contribution in [3.05, 3.63) is 22.3 Å². The smallest absolute Gasteiger partial charge is 0.357 e. The van der Waals surface area contributed by atoms with Crippen molar-refractivity contribution in [3.8, 4) is 0 Å². The number of rotatable bonds is 6. The number of hydrogen-bond acceptors (Lipinski definition) is 10. The fraction of sp³-hybridized carbons (Fsp3) is 0.600. The van der Waals surface area contributed by atoms with E-state index in [2.05, 4.69) is 5.32 Å². The highest BCUT2D eigenvalue weighted by Gasteiger charge is 2.54. The Kier molecular flexibility index (Phi) is 7.89. The summed E-state index contributed by atoms with van der Waals surface area (Å²) in [4.78, 5) is 51.2. The van der Waals surface area contributed by atoms with Gasteiger partial charge in [0.15, 0.2) is 0 Å². The minimum atomic E-state index is -0.815. The highest BCUT2D eigenvalue weighted by Crippen LogP contribution is 2.40. The van der Waals surface area contributed by atoms with Gasteiger partial charge in [-0.15, -0.1) is 35.3 Å². The summed E-state index contributed by atoms with van der Waals surface area (Å²) in [7, 11) is 0. The summed E-state index contributed by atoms with van der Waals surface area (Å²) in [6.07, 6.45) is 0. The van der Waals surface area contributed by atoms with Crippen molar-refractivity contribution in [1.29, 1.82) is 0 Å². The van der Waals surface area contributed by atoms with Crippen molar-refractivity contribution < 1.29 is 28.7 Å². The van der Waals surface area contributed by atoms with Crippen LogP contribution >= 0.6 is 35.3 Å². The van der Waals surface area contributed by atoms with E-state index in [4.69, 9.17) is 15.2 Å². The maximum Gasteiger partial charge on any atom is 0.357 e. The minimum Gasteiger partial charge on any atom is -0.427 e. The van der Waals surface area contributed by atoms with E-state index < -0.39 is 53.4 Å². The van der Waals surface area contributed by atoms with Crippen LogP contribution in [0.2, 0.25) is 0 Å². The molecule has 0 aromatic rings. The lowest BCUT2D eigenvalue weighted by atomic mass is 9.98. The topological polar surface area (TPSA) is 128 Å². The second-order valence-electron chi connectivity index (χ2n) is 8.56. The van der Waals surface area contributed by atoms with Crippen LogP contribution in [0.3, 0.4) is 0 Å². The molecule has 12 heteroatoms. The second-order valence-corrected chi connectivity index (χ2v) is 11.9. The number of nitrogens with zero attached hydrogens (tertiary/aromatic N) is 1. The average molecular weight is 502 g/mol. The first kappa shape index (κ1) is 25.0. The number of carbonyl (C=O) groups excluding carboxylic acids is 4. The van der Waals surface area contributed by atoms with Crippen molar-refractivity contribution in [2.75, 3.05) is 23.4 Å². The lowest BCUT2D eigenvalue weighted by Gasteiger charge is -2.49. The Balaban J connectivity index is 1.60. The summed E-state index contributed by atoms with van der Waals surface area (Å²) in [5.74, 6) is -0.882. The van der Waals surface area contributed by atoms with E-state index in [1.54, 1.807) is 51.2 Å². The van der Waals surface area contributed by atoms with Crippen molar-refractivity contribution in [2.45, 2.75) is 45.2 Å². The van der Waals surface area contributed by atoms with Gasteiger partial charge in [0.05, 0.1) is 5.41 Å². The summed E-state index contributed by atoms with van der Waals surface area (Å²) < 4.78 is 10.1. The fourth-order valence-electron chi connectivity index (χ4n) is 3.14. The molecule has 3 heterocycles. The number of nitrogens with one attached hydrogen (secondary N) is 1. The van der Waals surface area contributed by atoms with E-state index in [9.17, 15) is 19.2 Å². The first-order valence-electron chi connectivity index (χ1n) is 9.95. The molecule has 2 amide bonds. The van der Waals surface area contributed by atoms with Gasteiger partial charge >= 0.3 is 11.9 Å². The van der Waals surface area contributed by atoms with Crippen LogP contribution in [0.25, 0.3) is 0 Å². The SMILES string of the molecule is CC1=C(C(=O)OCOC(=O)C(C)(C)C)N2C(=O)C(NC(=O)C(N)C3=CSCSC3)C2SC1. The maximum atomic E-state index is 12.8. The largest absolute Gasteiger partial charge is 0.427 e. The number of β-lactam (4-membered cyclic amide) rings is 1. The number of thioether (sulfide) groups is 3. The molecule has 3 atom stereocenters. The lowest BCUT2D eigenvalue weighted by molar-refractivity contribution is -0.173. The Labute approximate surface area is 199 Å². The number of nitrogens with two attached hydrogens (primary N) is 1. The Morgan fingerprint density at radius 2 is 2.00 bits per heavy atom. The quantitative estimate of drug-likeness (QED) is 0.313. The van der Waals surface area contributed by atoms with Crippen LogP contribution in [0.1, 0.15) is 27.7 Å². The monoisotopic (exact) mass is 501 g/mol. The molecule has 32 heavy (non-hydrogen) atoms. The third-order valence-electron chi connectivity index (χ3n) is 4.98. The van der Waals surface area contributed by atoms with Crippen LogP contribution in [-0.2, 0) is 28.7 Å². The van der Waals surface area contributed by atoms with E-state index >= 15 is 0 Å². The highest BCUT2D eigenvalue weighted by atomic mass is 32.2. The first-order valence-corrected chi connectivity index (χ1v) is 13.2. The van der Waals surface area contributed by atoms with E-state index in [-0.39, 0.29) is 5.70 Å². The zero-order valence-electron chi connectivity index (χ0n) is 18.3. The molecule has 0 aromatic carbocycles. The zero-order chi connectivity index (χ0) is 23.6. The fourth-order valence-corrected chi connectivity index (χ4v) is 6.47. The van der Waals surface area contributed by atoms with Gasteiger partial charge in [0.25, 0.3) is 5.91 Å². The van der Waals surface area contributed by atoms with Gasteiger partial charge < -0.3 is 20.5 Å². The van der Waals surface area contributed by atoms with Crippen LogP contribution in [0, 0.1) is 5.41 Å². The Morgan fingerprint density at radius 1 is 1.28 bits per heavy atom. The summed E-state index contributed by atoms with van der Waals surface area (Å²) in [6.45, 7) is 6.27. The van der Waals surface area contributed by atoms with Crippen molar-refractivity contribution in [3.63, 3.8) is 0 Å². The predicted octanol–water partition coefficient (Wildman–Crippen LogP) is 1.40. The van der Waals surface area contributed by atoms with Crippen molar-refractivity contribution >= 4 is 59.0 Å². The molecule has 0 bridgehead atoms. The molecule has 3 N–H and O–H groups in total. The molecule has 1 fully saturated rings. The maximum absolute atomic E-state index is 12.8. The molecule has 9 nitrogen and oxygen atoms in total. The molecular formula is C20H27N3O6S3. The third kappa shape index (κ3) is 5.29. The Bertz CT molecular complexity index is 882. The van der Waals surface area contributed by atoms with Crippen molar-refractivity contribution in [1.82, 2.24) is 10.2 Å². The Morgan fingerprint density at radius 3 is 2.62 bits per heavy atom. The number of hydrogen-bond donors (Lipinski definition) is 2. The van der Waals surface area contributed by atoms with Gasteiger partial charge in [-0.1, -0.05) is 0 Å². The summed E-state index contributed by atoms with van der Waals surface area (Å²) >= 11 is 4.73.